The highest BCUT2D eigenvalue weighted by molar-refractivity contribution is 5.84. The molecule has 0 saturated carbocycles. The zero-order valence-corrected chi connectivity index (χ0v) is 20.6. The first kappa shape index (κ1) is 23.8. The van der Waals surface area contributed by atoms with Crippen LogP contribution in [0.25, 0.3) is 0 Å². The number of hydrogen-bond donors (Lipinski definition) is 1. The van der Waals surface area contributed by atoms with Crippen molar-refractivity contribution in [3.63, 3.8) is 0 Å². The lowest BCUT2D eigenvalue weighted by Gasteiger charge is -2.55. The number of fused-ring (bicyclic) bond motifs is 3. The fourth-order valence-electron chi connectivity index (χ4n) is 6.35. The van der Waals surface area contributed by atoms with Gasteiger partial charge in [-0.1, -0.05) is 91.0 Å². The van der Waals surface area contributed by atoms with Crippen molar-refractivity contribution in [2.24, 2.45) is 5.92 Å². The lowest BCUT2D eigenvalue weighted by molar-refractivity contribution is -0.972. The fraction of sp³-hybridized carbons (Fsp3) is 0.387. The molecule has 4 nitrogen and oxygen atoms in total. The van der Waals surface area contributed by atoms with Gasteiger partial charge in [0.2, 0.25) is 0 Å². The van der Waals surface area contributed by atoms with Gasteiger partial charge in [0.25, 0.3) is 0 Å². The van der Waals surface area contributed by atoms with Gasteiger partial charge in [0.05, 0.1) is 19.7 Å². The molecule has 3 saturated heterocycles. The quantitative estimate of drug-likeness (QED) is 0.369. The highest BCUT2D eigenvalue weighted by atomic mass is 16.5. The topological polar surface area (TPSA) is 46.5 Å². The van der Waals surface area contributed by atoms with Crippen molar-refractivity contribution < 1.29 is 19.1 Å². The van der Waals surface area contributed by atoms with E-state index in [1.165, 1.54) is 5.56 Å². The van der Waals surface area contributed by atoms with Crippen molar-refractivity contribution in [2.75, 3.05) is 26.2 Å². The summed E-state index contributed by atoms with van der Waals surface area (Å²) in [5, 5.41) is 10.7. The van der Waals surface area contributed by atoms with Gasteiger partial charge in [0, 0.05) is 24.3 Å². The van der Waals surface area contributed by atoms with Gasteiger partial charge in [0.15, 0.2) is 6.10 Å². The lowest BCUT2D eigenvalue weighted by atomic mass is 9.75. The van der Waals surface area contributed by atoms with Gasteiger partial charge >= 0.3 is 5.97 Å². The van der Waals surface area contributed by atoms with Gasteiger partial charge in [-0.2, -0.15) is 0 Å². The van der Waals surface area contributed by atoms with Gasteiger partial charge in [-0.3, -0.25) is 4.79 Å². The Morgan fingerprint density at radius 1 is 0.943 bits per heavy atom. The molecule has 3 atom stereocenters. The molecule has 6 rings (SSSR count). The first-order chi connectivity index (χ1) is 17.1. The van der Waals surface area contributed by atoms with Crippen molar-refractivity contribution in [1.29, 1.82) is 0 Å². The maximum Gasteiger partial charge on any atom is 0.319 e. The summed E-state index contributed by atoms with van der Waals surface area (Å²) in [6.45, 7) is 5.12. The van der Waals surface area contributed by atoms with Gasteiger partial charge in [-0.05, 0) is 24.5 Å². The van der Waals surface area contributed by atoms with E-state index < -0.39 is 5.41 Å². The maximum absolute atomic E-state index is 14.0. The van der Waals surface area contributed by atoms with Crippen LogP contribution >= 0.6 is 0 Å². The standard InChI is InChI=1S/C31H36NO3/c1-24(26-13-7-3-8-14-26)32-19-17-27(18-20-32)29(22-32)35-30(34)31(23-33,28-15-9-4-10-16-28)21-25-11-5-2-6-12-25/h2-16,24,27,29,33H,17-23H2,1H3/q+1/t24?,27?,29-,31?,32?/m0/s1. The van der Waals surface area contributed by atoms with Crippen molar-refractivity contribution in [1.82, 2.24) is 0 Å². The van der Waals surface area contributed by atoms with E-state index in [2.05, 4.69) is 37.3 Å². The molecule has 3 aromatic carbocycles. The molecular weight excluding hydrogens is 434 g/mol. The van der Waals surface area contributed by atoms with E-state index in [9.17, 15) is 9.90 Å². The molecular formula is C31H36NO3+. The molecule has 0 spiro atoms. The van der Waals surface area contributed by atoms with Crippen molar-refractivity contribution >= 4 is 5.97 Å². The second-order valence-electron chi connectivity index (χ2n) is 10.5. The summed E-state index contributed by atoms with van der Waals surface area (Å²) in [6, 6.07) is 30.7. The molecule has 0 aliphatic carbocycles. The van der Waals surface area contributed by atoms with Crippen molar-refractivity contribution in [3.05, 3.63) is 108 Å². The normalized spacial score (nSPS) is 26.0. The van der Waals surface area contributed by atoms with Crippen LogP contribution in [0.3, 0.4) is 0 Å². The summed E-state index contributed by atoms with van der Waals surface area (Å²) in [5.74, 6) is 0.0881. The Kier molecular flexibility index (Phi) is 6.77. The van der Waals surface area contributed by atoms with Crippen LogP contribution in [0.1, 0.15) is 42.5 Å². The summed E-state index contributed by atoms with van der Waals surface area (Å²) >= 11 is 0. The zero-order chi connectivity index (χ0) is 24.3. The van der Waals surface area contributed by atoms with E-state index in [4.69, 9.17) is 4.74 Å². The second-order valence-corrected chi connectivity index (χ2v) is 10.5. The highest BCUT2D eigenvalue weighted by Crippen LogP contribution is 2.43. The summed E-state index contributed by atoms with van der Waals surface area (Å²) in [6.07, 6.45) is 2.43. The van der Waals surface area contributed by atoms with Gasteiger partial charge in [-0.15, -0.1) is 0 Å². The van der Waals surface area contributed by atoms with E-state index in [1.54, 1.807) is 0 Å². The second kappa shape index (κ2) is 9.96. The number of carbonyl (C=O) groups excluding carboxylic acids is 1. The van der Waals surface area contributed by atoms with Gasteiger partial charge < -0.3 is 14.3 Å². The molecule has 3 aromatic rings. The highest BCUT2D eigenvalue weighted by Gasteiger charge is 2.52. The summed E-state index contributed by atoms with van der Waals surface area (Å²) in [5.41, 5.74) is 2.04. The molecule has 0 aromatic heterocycles. The molecule has 3 fully saturated rings. The lowest BCUT2D eigenvalue weighted by Crippen LogP contribution is -2.65. The van der Waals surface area contributed by atoms with Crippen LogP contribution in [0.5, 0.6) is 0 Å². The minimum Gasteiger partial charge on any atom is -0.455 e. The molecule has 35 heavy (non-hydrogen) atoms. The third kappa shape index (κ3) is 4.53. The molecule has 3 aliphatic heterocycles. The molecule has 1 N–H and O–H groups in total. The summed E-state index contributed by atoms with van der Waals surface area (Å²) in [4.78, 5) is 14.0. The minimum atomic E-state index is -1.12. The van der Waals surface area contributed by atoms with Gasteiger partial charge in [0.1, 0.15) is 18.0 Å². The van der Waals surface area contributed by atoms with E-state index >= 15 is 0 Å². The summed E-state index contributed by atoms with van der Waals surface area (Å²) < 4.78 is 7.37. The fourth-order valence-corrected chi connectivity index (χ4v) is 6.35. The van der Waals surface area contributed by atoms with Crippen LogP contribution in [0.4, 0.5) is 0 Å². The molecule has 0 amide bonds. The molecule has 4 heteroatoms. The number of hydrogen-bond acceptors (Lipinski definition) is 3. The van der Waals surface area contributed by atoms with Gasteiger partial charge in [-0.25, -0.2) is 0 Å². The number of benzene rings is 3. The first-order valence-corrected chi connectivity index (χ1v) is 12.9. The number of ether oxygens (including phenoxy) is 1. The van der Waals surface area contributed by atoms with Crippen molar-refractivity contribution in [2.45, 2.75) is 43.7 Å². The number of aliphatic hydroxyl groups is 1. The molecule has 182 valence electrons. The van der Waals surface area contributed by atoms with Crippen LogP contribution < -0.4 is 0 Å². The van der Waals surface area contributed by atoms with Crippen LogP contribution in [-0.2, 0) is 21.4 Å². The summed E-state index contributed by atoms with van der Waals surface area (Å²) in [7, 11) is 0. The minimum absolute atomic E-state index is 0.124. The first-order valence-electron chi connectivity index (χ1n) is 12.9. The SMILES string of the molecule is CC(c1ccccc1)[N+]12CCC(CC1)[C@@H](OC(=O)C(CO)(Cc1ccccc1)c1ccccc1)C2. The van der Waals surface area contributed by atoms with E-state index in [1.807, 2.05) is 60.7 Å². The average molecular weight is 471 g/mol. The molecule has 2 bridgehead atoms. The number of rotatable bonds is 8. The molecule has 3 aliphatic rings. The van der Waals surface area contributed by atoms with Crippen LogP contribution in [0.2, 0.25) is 0 Å². The Morgan fingerprint density at radius 3 is 2.11 bits per heavy atom. The van der Waals surface area contributed by atoms with E-state index in [0.29, 0.717) is 18.4 Å². The average Bonchev–Trinajstić information content (AvgIpc) is 2.93. The molecule has 3 heterocycles. The zero-order valence-electron chi connectivity index (χ0n) is 20.6. The van der Waals surface area contributed by atoms with E-state index in [-0.39, 0.29) is 18.7 Å². The number of esters is 1. The predicted molar refractivity (Wildman–Crippen MR) is 138 cm³/mol. The largest absolute Gasteiger partial charge is 0.455 e. The van der Waals surface area contributed by atoms with Crippen LogP contribution in [0.15, 0.2) is 91.0 Å². The maximum atomic E-state index is 14.0. The number of quaternary nitrogens is 1. The molecule has 0 radical (unpaired) electrons. The van der Waals surface area contributed by atoms with Crippen molar-refractivity contribution in [3.8, 4) is 0 Å². The monoisotopic (exact) mass is 470 g/mol. The third-order valence-electron chi connectivity index (χ3n) is 8.66. The molecule has 2 unspecified atom stereocenters. The Hall–Kier alpha value is -2.95. The smallest absolute Gasteiger partial charge is 0.319 e. The number of nitrogens with zero attached hydrogens (tertiary/aromatic N) is 1. The Labute approximate surface area is 208 Å². The number of carbonyl (C=O) groups is 1. The Morgan fingerprint density at radius 2 is 1.51 bits per heavy atom. The predicted octanol–water partition coefficient (Wildman–Crippen LogP) is 5.07. The Balaban J connectivity index is 1.42. The van der Waals surface area contributed by atoms with Crippen LogP contribution in [-0.4, -0.2) is 47.9 Å². The third-order valence-corrected chi connectivity index (χ3v) is 8.66. The van der Waals surface area contributed by atoms with Crippen LogP contribution in [0, 0.1) is 5.92 Å². The van der Waals surface area contributed by atoms with E-state index in [0.717, 1.165) is 48.1 Å². The number of aliphatic hydroxyl groups excluding tert-OH is 1. The number of piperidine rings is 3. The Bertz CT molecular complexity index is 1110.